The van der Waals surface area contributed by atoms with E-state index in [2.05, 4.69) is 42.4 Å². The van der Waals surface area contributed by atoms with Crippen molar-refractivity contribution < 1.29 is 17.4 Å². The number of carbonyl (C=O) groups is 1. The molecule has 0 radical (unpaired) electrons. The first-order valence-corrected chi connectivity index (χ1v) is 13.0. The number of hydrogen-bond acceptors (Lipinski definition) is 5. The van der Waals surface area contributed by atoms with Crippen molar-refractivity contribution in [1.82, 2.24) is 5.43 Å². The second kappa shape index (κ2) is 10.1. The molecule has 0 aliphatic carbocycles. The molecule has 0 atom stereocenters. The van der Waals surface area contributed by atoms with Gasteiger partial charge in [-0.2, -0.15) is 13.5 Å². The Hall–Kier alpha value is -3.01. The highest BCUT2D eigenvalue weighted by molar-refractivity contribution is 9.11. The SMILES string of the molecule is Cc1ccc(S(=O)(=O)Oc2c(Br)cc(/C=N\NC(=O)c3ccc4ccccc4c3)cc2Br)cc1. The molecule has 0 aliphatic heterocycles. The van der Waals surface area contributed by atoms with Gasteiger partial charge < -0.3 is 4.18 Å². The van der Waals surface area contributed by atoms with Crippen molar-refractivity contribution in [3.63, 3.8) is 0 Å². The lowest BCUT2D eigenvalue weighted by Gasteiger charge is -2.11. The zero-order chi connectivity index (χ0) is 24.3. The van der Waals surface area contributed by atoms with Gasteiger partial charge in [-0.1, -0.05) is 48.0 Å². The van der Waals surface area contributed by atoms with E-state index >= 15 is 0 Å². The Kier molecular flexibility index (Phi) is 7.16. The average molecular weight is 602 g/mol. The minimum atomic E-state index is -4.01. The summed E-state index contributed by atoms with van der Waals surface area (Å²) in [5.41, 5.74) is 4.54. The van der Waals surface area contributed by atoms with Gasteiger partial charge >= 0.3 is 10.1 Å². The maximum Gasteiger partial charge on any atom is 0.339 e. The summed E-state index contributed by atoms with van der Waals surface area (Å²) in [6.07, 6.45) is 1.45. The zero-order valence-corrected chi connectivity index (χ0v) is 21.8. The summed E-state index contributed by atoms with van der Waals surface area (Å²) in [5, 5.41) is 6.02. The highest BCUT2D eigenvalue weighted by Gasteiger charge is 2.20. The number of hydrogen-bond donors (Lipinski definition) is 1. The van der Waals surface area contributed by atoms with Crippen molar-refractivity contribution in [3.8, 4) is 5.75 Å². The Bertz CT molecular complexity index is 1490. The third-order valence-electron chi connectivity index (χ3n) is 4.91. The third kappa shape index (κ3) is 5.55. The van der Waals surface area contributed by atoms with E-state index in [-0.39, 0.29) is 16.6 Å². The number of hydrazone groups is 1. The van der Waals surface area contributed by atoms with Gasteiger partial charge in [-0.25, -0.2) is 5.43 Å². The molecule has 0 saturated heterocycles. The molecule has 1 amide bonds. The third-order valence-corrected chi connectivity index (χ3v) is 7.33. The van der Waals surface area contributed by atoms with Crippen LogP contribution in [0.1, 0.15) is 21.5 Å². The van der Waals surface area contributed by atoms with Gasteiger partial charge in [-0.15, -0.1) is 0 Å². The Balaban J connectivity index is 1.47. The van der Waals surface area contributed by atoms with Crippen LogP contribution in [-0.2, 0) is 10.1 Å². The van der Waals surface area contributed by atoms with E-state index in [1.165, 1.54) is 18.3 Å². The lowest BCUT2D eigenvalue weighted by atomic mass is 10.1. The molecule has 0 bridgehead atoms. The summed E-state index contributed by atoms with van der Waals surface area (Å²) >= 11 is 6.69. The standard InChI is InChI=1S/C25H18Br2N2O4S/c1-16-6-10-21(11-7-16)34(31,32)33-24-22(26)12-17(13-23(24)27)15-28-29-25(30)20-9-8-18-4-2-3-5-19(18)14-20/h2-15H,1H3,(H,29,30)/b28-15-. The zero-order valence-electron chi connectivity index (χ0n) is 17.8. The number of amides is 1. The second-order valence-electron chi connectivity index (χ2n) is 7.43. The van der Waals surface area contributed by atoms with Gasteiger partial charge in [0.25, 0.3) is 5.91 Å². The number of carbonyl (C=O) groups excluding carboxylic acids is 1. The average Bonchev–Trinajstić information content (AvgIpc) is 2.81. The molecule has 0 heterocycles. The fraction of sp³-hybridized carbons (Fsp3) is 0.0400. The van der Waals surface area contributed by atoms with Crippen LogP contribution in [-0.4, -0.2) is 20.5 Å². The number of aryl methyl sites for hydroxylation is 1. The number of fused-ring (bicyclic) bond motifs is 1. The maximum absolute atomic E-state index is 12.6. The van der Waals surface area contributed by atoms with Crippen LogP contribution in [0.25, 0.3) is 10.8 Å². The predicted octanol–water partition coefficient (Wildman–Crippen LogP) is 6.20. The van der Waals surface area contributed by atoms with E-state index in [9.17, 15) is 13.2 Å². The fourth-order valence-corrected chi connectivity index (χ4v) is 5.72. The number of nitrogens with zero attached hydrogens (tertiary/aromatic N) is 1. The van der Waals surface area contributed by atoms with E-state index < -0.39 is 10.1 Å². The van der Waals surface area contributed by atoms with Crippen molar-refractivity contribution in [3.05, 3.63) is 104 Å². The van der Waals surface area contributed by atoms with Crippen molar-refractivity contribution in [2.75, 3.05) is 0 Å². The van der Waals surface area contributed by atoms with Gasteiger partial charge in [-0.3, -0.25) is 4.79 Å². The number of rotatable bonds is 6. The molecular formula is C25H18Br2N2O4S. The molecule has 0 spiro atoms. The van der Waals surface area contributed by atoms with Crippen LogP contribution >= 0.6 is 31.9 Å². The van der Waals surface area contributed by atoms with E-state index in [1.54, 1.807) is 36.4 Å². The van der Waals surface area contributed by atoms with Crippen LogP contribution in [0.3, 0.4) is 0 Å². The molecule has 0 aromatic heterocycles. The van der Waals surface area contributed by atoms with Crippen molar-refractivity contribution in [2.45, 2.75) is 11.8 Å². The molecule has 4 aromatic carbocycles. The Morgan fingerprint density at radius 1 is 0.912 bits per heavy atom. The van der Waals surface area contributed by atoms with Gasteiger partial charge in [0.2, 0.25) is 0 Å². The quantitative estimate of drug-likeness (QED) is 0.162. The number of benzene rings is 4. The highest BCUT2D eigenvalue weighted by atomic mass is 79.9. The molecule has 0 aliphatic rings. The van der Waals surface area contributed by atoms with Crippen LogP contribution in [0.15, 0.2) is 97.8 Å². The minimum absolute atomic E-state index is 0.0546. The Labute approximate surface area is 214 Å². The lowest BCUT2D eigenvalue weighted by Crippen LogP contribution is -2.17. The molecule has 4 aromatic rings. The second-order valence-corrected chi connectivity index (χ2v) is 10.7. The highest BCUT2D eigenvalue weighted by Crippen LogP contribution is 2.36. The maximum atomic E-state index is 12.6. The monoisotopic (exact) mass is 600 g/mol. The van der Waals surface area contributed by atoms with Crippen LogP contribution in [0, 0.1) is 6.92 Å². The van der Waals surface area contributed by atoms with Crippen LogP contribution in [0.5, 0.6) is 5.75 Å². The molecule has 0 unspecified atom stereocenters. The summed E-state index contributed by atoms with van der Waals surface area (Å²) in [6, 6.07) is 22.8. The molecule has 4 rings (SSSR count). The van der Waals surface area contributed by atoms with E-state index in [0.29, 0.717) is 20.1 Å². The van der Waals surface area contributed by atoms with Gasteiger partial charge in [0.15, 0.2) is 5.75 Å². The molecule has 0 fully saturated rings. The normalized spacial score (nSPS) is 11.6. The minimum Gasteiger partial charge on any atom is -0.377 e. The molecule has 6 nitrogen and oxygen atoms in total. The number of nitrogens with one attached hydrogen (secondary N) is 1. The summed E-state index contributed by atoms with van der Waals surface area (Å²) in [6.45, 7) is 1.87. The predicted molar refractivity (Wildman–Crippen MR) is 140 cm³/mol. The van der Waals surface area contributed by atoms with Gasteiger partial charge in [-0.05, 0) is 91.5 Å². The molecule has 1 N–H and O–H groups in total. The van der Waals surface area contributed by atoms with Crippen LogP contribution < -0.4 is 9.61 Å². The van der Waals surface area contributed by atoms with Crippen molar-refractivity contribution >= 4 is 64.9 Å². The Morgan fingerprint density at radius 2 is 1.56 bits per heavy atom. The first kappa shape index (κ1) is 24.1. The largest absolute Gasteiger partial charge is 0.377 e. The van der Waals surface area contributed by atoms with Crippen molar-refractivity contribution in [2.24, 2.45) is 5.10 Å². The van der Waals surface area contributed by atoms with E-state index in [1.807, 2.05) is 37.3 Å². The summed E-state index contributed by atoms with van der Waals surface area (Å²) in [4.78, 5) is 12.5. The topological polar surface area (TPSA) is 84.8 Å². The first-order chi connectivity index (χ1) is 16.2. The first-order valence-electron chi connectivity index (χ1n) is 10.1. The molecule has 172 valence electrons. The molecule has 9 heteroatoms. The smallest absolute Gasteiger partial charge is 0.339 e. The van der Waals surface area contributed by atoms with Gasteiger partial charge in [0.1, 0.15) is 4.90 Å². The number of halogens is 2. The summed E-state index contributed by atoms with van der Waals surface area (Å²) in [7, 11) is -4.01. The molecular weight excluding hydrogens is 584 g/mol. The van der Waals surface area contributed by atoms with Crippen LogP contribution in [0.2, 0.25) is 0 Å². The molecule has 0 saturated carbocycles. The Morgan fingerprint density at radius 3 is 2.24 bits per heavy atom. The van der Waals surface area contributed by atoms with Crippen molar-refractivity contribution in [1.29, 1.82) is 0 Å². The summed E-state index contributed by atoms with van der Waals surface area (Å²) < 4.78 is 31.4. The summed E-state index contributed by atoms with van der Waals surface area (Å²) in [5.74, 6) is -0.234. The van der Waals surface area contributed by atoms with Crippen LogP contribution in [0.4, 0.5) is 0 Å². The lowest BCUT2D eigenvalue weighted by molar-refractivity contribution is 0.0955. The fourth-order valence-electron chi connectivity index (χ4n) is 3.16. The van der Waals surface area contributed by atoms with Gasteiger partial charge in [0, 0.05) is 5.56 Å². The van der Waals surface area contributed by atoms with Gasteiger partial charge in [0.05, 0.1) is 15.2 Å². The van der Waals surface area contributed by atoms with E-state index in [0.717, 1.165) is 16.3 Å². The van der Waals surface area contributed by atoms with E-state index in [4.69, 9.17) is 4.18 Å². The molecule has 34 heavy (non-hydrogen) atoms.